The first-order chi connectivity index (χ1) is 26.7. The van der Waals surface area contributed by atoms with E-state index in [0.717, 1.165) is 55.0 Å². The summed E-state index contributed by atoms with van der Waals surface area (Å²) in [4.78, 5) is 34.9. The van der Waals surface area contributed by atoms with E-state index in [-0.39, 0.29) is 5.69 Å². The second-order valence-electron chi connectivity index (χ2n) is 13.5. The number of fused-ring (bicyclic) bond motifs is 11. The molecule has 0 bridgehead atoms. The van der Waals surface area contributed by atoms with Crippen LogP contribution in [0.4, 0.5) is 0 Å². The molecule has 0 aliphatic heterocycles. The van der Waals surface area contributed by atoms with E-state index in [1.807, 2.05) is 109 Å². The van der Waals surface area contributed by atoms with E-state index >= 15 is 4.79 Å². The van der Waals surface area contributed by atoms with Gasteiger partial charge in [-0.25, -0.2) is 29.1 Å². The Hall–Kier alpha value is -7.51. The average molecular weight is 693 g/mol. The topological polar surface area (TPSA) is 78.0 Å². The molecule has 0 saturated carbocycles. The average Bonchev–Trinajstić information content (AvgIpc) is 3.64. The lowest BCUT2D eigenvalue weighted by Gasteiger charge is -2.16. The van der Waals surface area contributed by atoms with Crippen LogP contribution in [-0.4, -0.2) is 28.9 Å². The van der Waals surface area contributed by atoms with Gasteiger partial charge in [0.05, 0.1) is 22.2 Å². The van der Waals surface area contributed by atoms with Crippen LogP contribution in [0.3, 0.4) is 0 Å². The molecule has 0 aliphatic carbocycles. The van der Waals surface area contributed by atoms with Crippen molar-refractivity contribution < 1.29 is 0 Å². The highest BCUT2D eigenvalue weighted by Gasteiger charge is 2.20. The van der Waals surface area contributed by atoms with Gasteiger partial charge in [-0.3, -0.25) is 4.57 Å². The minimum atomic E-state index is -0.210. The Labute approximate surface area is 308 Å². The quantitative estimate of drug-likeness (QED) is 0.172. The molecule has 3 heterocycles. The van der Waals surface area contributed by atoms with Gasteiger partial charge in [0.15, 0.2) is 23.1 Å². The van der Waals surface area contributed by atoms with Crippen LogP contribution in [0.1, 0.15) is 0 Å². The molecule has 0 aliphatic rings. The zero-order chi connectivity index (χ0) is 35.8. The van der Waals surface area contributed by atoms with Crippen molar-refractivity contribution in [1.82, 2.24) is 28.9 Å². The Morgan fingerprint density at radius 2 is 0.870 bits per heavy atom. The number of hydrogen-bond donors (Lipinski definition) is 0. The van der Waals surface area contributed by atoms with Gasteiger partial charge in [0.2, 0.25) is 0 Å². The number of rotatable bonds is 4. The first kappa shape index (κ1) is 30.1. The minimum Gasteiger partial charge on any atom is -0.262 e. The Balaban J connectivity index is 1.22. The predicted molar refractivity (Wildman–Crippen MR) is 218 cm³/mol. The summed E-state index contributed by atoms with van der Waals surface area (Å²) in [6.45, 7) is 0. The summed E-state index contributed by atoms with van der Waals surface area (Å²) < 4.78 is 3.53. The molecule has 0 N–H and O–H groups in total. The predicted octanol–water partition coefficient (Wildman–Crippen LogP) is 10.4. The Kier molecular flexibility index (Phi) is 6.57. The Morgan fingerprint density at radius 1 is 0.370 bits per heavy atom. The monoisotopic (exact) mass is 692 g/mol. The lowest BCUT2D eigenvalue weighted by Crippen LogP contribution is -2.25. The van der Waals surface area contributed by atoms with Crippen molar-refractivity contribution in [3.05, 3.63) is 180 Å². The van der Waals surface area contributed by atoms with Crippen LogP contribution in [0.5, 0.6) is 0 Å². The maximum Gasteiger partial charge on any atom is 0.339 e. The molecular formula is C47H28N6O. The highest BCUT2D eigenvalue weighted by Crippen LogP contribution is 2.37. The molecule has 7 heteroatoms. The van der Waals surface area contributed by atoms with Crippen LogP contribution in [0.2, 0.25) is 0 Å². The van der Waals surface area contributed by atoms with Crippen LogP contribution in [0, 0.1) is 0 Å². The van der Waals surface area contributed by atoms with Crippen LogP contribution in [0.15, 0.2) is 175 Å². The van der Waals surface area contributed by atoms with Crippen molar-refractivity contribution in [3.63, 3.8) is 0 Å². The van der Waals surface area contributed by atoms with Crippen molar-refractivity contribution in [2.45, 2.75) is 0 Å². The third-order valence-electron chi connectivity index (χ3n) is 10.4. The van der Waals surface area contributed by atoms with Gasteiger partial charge in [0, 0.05) is 22.1 Å². The molecule has 11 rings (SSSR count). The second kappa shape index (κ2) is 11.8. The molecule has 8 aromatic carbocycles. The summed E-state index contributed by atoms with van der Waals surface area (Å²) in [5.41, 5.74) is 5.88. The first-order valence-electron chi connectivity index (χ1n) is 17.9. The Morgan fingerprint density at radius 3 is 1.50 bits per heavy atom. The molecule has 0 radical (unpaired) electrons. The van der Waals surface area contributed by atoms with Crippen LogP contribution < -0.4 is 5.69 Å². The highest BCUT2D eigenvalue weighted by atomic mass is 16.1. The zero-order valence-electron chi connectivity index (χ0n) is 28.8. The van der Waals surface area contributed by atoms with Crippen molar-refractivity contribution in [2.75, 3.05) is 0 Å². The summed E-state index contributed by atoms with van der Waals surface area (Å²) in [5.74, 6) is 1.65. The Bertz CT molecular complexity index is 3260. The van der Waals surface area contributed by atoms with Crippen LogP contribution in [-0.2, 0) is 0 Å². The van der Waals surface area contributed by atoms with Crippen molar-refractivity contribution >= 4 is 59.9 Å². The fourth-order valence-electron chi connectivity index (χ4n) is 7.87. The molecule has 0 amide bonds. The summed E-state index contributed by atoms with van der Waals surface area (Å²) in [6, 6.07) is 57.0. The maximum atomic E-state index is 15.0. The van der Waals surface area contributed by atoms with E-state index in [2.05, 4.69) is 60.7 Å². The number of imidazole rings is 1. The molecule has 7 nitrogen and oxygen atoms in total. The number of benzene rings is 8. The van der Waals surface area contributed by atoms with E-state index in [4.69, 9.17) is 19.9 Å². The van der Waals surface area contributed by atoms with Gasteiger partial charge >= 0.3 is 5.69 Å². The molecule has 0 unspecified atom stereocenters. The third-order valence-corrected chi connectivity index (χ3v) is 10.4. The number of hydrogen-bond acceptors (Lipinski definition) is 5. The maximum absolute atomic E-state index is 15.0. The van der Waals surface area contributed by atoms with Crippen molar-refractivity contribution in [3.8, 4) is 39.9 Å². The van der Waals surface area contributed by atoms with E-state index in [9.17, 15) is 0 Å². The van der Waals surface area contributed by atoms with Gasteiger partial charge in [-0.1, -0.05) is 133 Å². The van der Waals surface area contributed by atoms with Gasteiger partial charge in [-0.15, -0.1) is 0 Å². The summed E-state index contributed by atoms with van der Waals surface area (Å²) in [7, 11) is 0. The largest absolute Gasteiger partial charge is 0.339 e. The minimum absolute atomic E-state index is 0.210. The fraction of sp³-hybridized carbons (Fsp3) is 0. The summed E-state index contributed by atoms with van der Waals surface area (Å²) in [6.07, 6.45) is 0. The summed E-state index contributed by atoms with van der Waals surface area (Å²) >= 11 is 0. The molecule has 252 valence electrons. The molecule has 0 fully saturated rings. The lowest BCUT2D eigenvalue weighted by atomic mass is 9.94. The first-order valence-corrected chi connectivity index (χ1v) is 17.9. The molecule has 54 heavy (non-hydrogen) atoms. The molecule has 0 spiro atoms. The third kappa shape index (κ3) is 4.58. The molecular weight excluding hydrogens is 665 g/mol. The van der Waals surface area contributed by atoms with E-state index in [1.165, 1.54) is 16.2 Å². The summed E-state index contributed by atoms with van der Waals surface area (Å²) in [5, 5.41) is 7.72. The molecule has 11 aromatic rings. The number of para-hydroxylation sites is 2. The SMILES string of the molecule is O=c1n(-c2ccc3c4ccccc4c4ccccc4c3c2)c2cc(-c3nc(-c4ccccc4)nc(-c4ccccc4)n3)ccc2c2nc3ccccc3n12. The van der Waals surface area contributed by atoms with E-state index in [0.29, 0.717) is 28.6 Å². The van der Waals surface area contributed by atoms with Crippen molar-refractivity contribution in [1.29, 1.82) is 0 Å². The van der Waals surface area contributed by atoms with Gasteiger partial charge < -0.3 is 0 Å². The normalized spacial score (nSPS) is 11.8. The van der Waals surface area contributed by atoms with E-state index in [1.54, 1.807) is 8.97 Å². The molecule has 3 aromatic heterocycles. The van der Waals surface area contributed by atoms with Gasteiger partial charge in [-0.05, 0) is 68.7 Å². The van der Waals surface area contributed by atoms with E-state index < -0.39 is 0 Å². The number of aromatic nitrogens is 6. The van der Waals surface area contributed by atoms with Gasteiger partial charge in [0.1, 0.15) is 0 Å². The number of nitrogens with zero attached hydrogens (tertiary/aromatic N) is 6. The molecule has 0 saturated heterocycles. The zero-order valence-corrected chi connectivity index (χ0v) is 28.8. The van der Waals surface area contributed by atoms with Gasteiger partial charge in [0.25, 0.3) is 0 Å². The fourth-order valence-corrected chi connectivity index (χ4v) is 7.87. The van der Waals surface area contributed by atoms with Crippen molar-refractivity contribution in [2.24, 2.45) is 0 Å². The second-order valence-corrected chi connectivity index (χ2v) is 13.5. The lowest BCUT2D eigenvalue weighted by molar-refractivity contribution is 0.933. The van der Waals surface area contributed by atoms with Crippen LogP contribution in [0.25, 0.3) is 99.8 Å². The van der Waals surface area contributed by atoms with Crippen LogP contribution >= 0.6 is 0 Å². The standard InChI is InChI=1S/C47H28N6O/c54-47-52(32-24-26-37-35-19-8-7-17-33(35)34-18-9-10-20-36(34)39(37)28-32)42-27-31(23-25-38(42)46-48-40-21-11-12-22-41(40)53(46)47)45-50-43(29-13-3-1-4-14-29)49-44(51-45)30-15-5-2-6-16-30/h1-28H. The smallest absolute Gasteiger partial charge is 0.262 e. The molecule has 0 atom stereocenters. The highest BCUT2D eigenvalue weighted by molar-refractivity contribution is 6.25. The van der Waals surface area contributed by atoms with Gasteiger partial charge in [-0.2, -0.15) is 0 Å².